The first-order valence-electron chi connectivity index (χ1n) is 11.6. The van der Waals surface area contributed by atoms with Crippen LogP contribution >= 0.6 is 0 Å². The summed E-state index contributed by atoms with van der Waals surface area (Å²) in [6, 6.07) is 23.5. The van der Waals surface area contributed by atoms with Crippen LogP contribution in [-0.2, 0) is 24.3 Å². The molecule has 2 aliphatic rings. The van der Waals surface area contributed by atoms with Crippen molar-refractivity contribution in [3.8, 4) is 0 Å². The maximum atomic E-state index is 12.8. The van der Waals surface area contributed by atoms with Gasteiger partial charge in [-0.3, -0.25) is 9.59 Å². The van der Waals surface area contributed by atoms with E-state index in [1.165, 1.54) is 6.07 Å². The molecule has 0 aromatic heterocycles. The summed E-state index contributed by atoms with van der Waals surface area (Å²) >= 11 is 0. The summed E-state index contributed by atoms with van der Waals surface area (Å²) in [5.74, 6) is -0.840. The van der Waals surface area contributed by atoms with Crippen LogP contribution in [0.3, 0.4) is 0 Å². The molecule has 0 saturated carbocycles. The van der Waals surface area contributed by atoms with E-state index in [1.807, 2.05) is 61.5 Å². The Kier molecular flexibility index (Phi) is 6.32. The minimum atomic E-state index is -3.82. The molecule has 0 N–H and O–H groups in total. The molecule has 1 atom stereocenters. The molecule has 9 heteroatoms. The number of hydrogen-bond donors (Lipinski definition) is 0. The van der Waals surface area contributed by atoms with Crippen molar-refractivity contribution in [1.29, 1.82) is 0 Å². The number of sulfonamides is 1. The SMILES string of the molecule is Cc1cccc(N(CCOC(=O)C2CC(=O)N(c3ccccc3)C2)C2=NS(=O)(=O)c3ccccc32)c1. The number of rotatable bonds is 6. The number of esters is 1. The van der Waals surface area contributed by atoms with E-state index in [9.17, 15) is 18.0 Å². The fourth-order valence-corrected chi connectivity index (χ4v) is 5.73. The number of aryl methyl sites for hydroxylation is 1. The number of amides is 1. The van der Waals surface area contributed by atoms with E-state index >= 15 is 0 Å². The number of anilines is 2. The highest BCUT2D eigenvalue weighted by molar-refractivity contribution is 7.90. The van der Waals surface area contributed by atoms with E-state index in [2.05, 4.69) is 4.40 Å². The van der Waals surface area contributed by atoms with Crippen molar-refractivity contribution in [3.63, 3.8) is 0 Å². The molecule has 3 aromatic carbocycles. The molecule has 3 aromatic rings. The minimum absolute atomic E-state index is 0.00401. The van der Waals surface area contributed by atoms with Gasteiger partial charge in [0, 0.05) is 29.9 Å². The number of hydrogen-bond acceptors (Lipinski definition) is 6. The summed E-state index contributed by atoms with van der Waals surface area (Å²) in [7, 11) is -3.82. The fraction of sp³-hybridized carbons (Fsp3) is 0.222. The molecule has 36 heavy (non-hydrogen) atoms. The first-order chi connectivity index (χ1) is 17.3. The topological polar surface area (TPSA) is 96.3 Å². The molecule has 1 amide bonds. The van der Waals surface area contributed by atoms with Gasteiger partial charge in [-0.15, -0.1) is 4.40 Å². The lowest BCUT2D eigenvalue weighted by Gasteiger charge is -2.25. The minimum Gasteiger partial charge on any atom is -0.464 e. The lowest BCUT2D eigenvalue weighted by Crippen LogP contribution is -2.35. The van der Waals surface area contributed by atoms with E-state index in [0.29, 0.717) is 11.4 Å². The molecule has 184 valence electrons. The second-order valence-electron chi connectivity index (χ2n) is 8.79. The zero-order chi connectivity index (χ0) is 25.3. The third-order valence-electron chi connectivity index (χ3n) is 6.27. The molecule has 1 unspecified atom stereocenters. The zero-order valence-corrected chi connectivity index (χ0v) is 20.5. The van der Waals surface area contributed by atoms with Crippen LogP contribution in [-0.4, -0.2) is 45.8 Å². The number of carbonyl (C=O) groups is 2. The Labute approximate surface area is 209 Å². The summed E-state index contributed by atoms with van der Waals surface area (Å²) in [6.07, 6.45) is 0.0909. The molecular weight excluding hydrogens is 478 g/mol. The first kappa shape index (κ1) is 23.7. The summed E-state index contributed by atoms with van der Waals surface area (Å²) in [5.41, 5.74) is 2.99. The van der Waals surface area contributed by atoms with E-state index in [-0.39, 0.29) is 36.9 Å². The van der Waals surface area contributed by atoms with Gasteiger partial charge in [-0.05, 0) is 48.9 Å². The third kappa shape index (κ3) is 4.61. The average Bonchev–Trinajstić information content (AvgIpc) is 3.39. The van der Waals surface area contributed by atoms with Gasteiger partial charge in [0.05, 0.1) is 12.5 Å². The highest BCUT2D eigenvalue weighted by Crippen LogP contribution is 2.30. The molecule has 0 aliphatic carbocycles. The maximum absolute atomic E-state index is 12.8. The van der Waals surface area contributed by atoms with Crippen LogP contribution in [0.5, 0.6) is 0 Å². The molecule has 0 spiro atoms. The smallest absolute Gasteiger partial charge is 0.311 e. The number of amidine groups is 1. The summed E-state index contributed by atoms with van der Waals surface area (Å²) in [6.45, 7) is 2.41. The Morgan fingerprint density at radius 3 is 2.58 bits per heavy atom. The normalized spacial score (nSPS) is 18.0. The molecule has 0 bridgehead atoms. The van der Waals surface area contributed by atoms with Crippen LogP contribution in [0.15, 0.2) is 88.2 Å². The first-order valence-corrected chi connectivity index (χ1v) is 13.1. The van der Waals surface area contributed by atoms with Crippen LogP contribution in [0, 0.1) is 12.8 Å². The Balaban J connectivity index is 1.32. The summed E-state index contributed by atoms with van der Waals surface area (Å²) in [4.78, 5) is 28.8. The number of para-hydroxylation sites is 1. The maximum Gasteiger partial charge on any atom is 0.311 e. The van der Waals surface area contributed by atoms with Gasteiger partial charge in [0.25, 0.3) is 10.0 Å². The number of ether oxygens (including phenoxy) is 1. The number of carbonyl (C=O) groups excluding carboxylic acids is 2. The van der Waals surface area contributed by atoms with Gasteiger partial charge in [0.2, 0.25) is 5.91 Å². The Morgan fingerprint density at radius 1 is 1.06 bits per heavy atom. The van der Waals surface area contributed by atoms with Crippen molar-refractivity contribution in [1.82, 2.24) is 0 Å². The second-order valence-corrected chi connectivity index (χ2v) is 10.4. The fourth-order valence-electron chi connectivity index (χ4n) is 4.51. The largest absolute Gasteiger partial charge is 0.464 e. The van der Waals surface area contributed by atoms with Gasteiger partial charge in [0.15, 0.2) is 5.84 Å². The van der Waals surface area contributed by atoms with Crippen molar-refractivity contribution in [2.45, 2.75) is 18.2 Å². The monoisotopic (exact) mass is 503 g/mol. The van der Waals surface area contributed by atoms with Crippen molar-refractivity contribution in [2.24, 2.45) is 10.3 Å². The third-order valence-corrected chi connectivity index (χ3v) is 7.59. The van der Waals surface area contributed by atoms with Crippen LogP contribution in [0.2, 0.25) is 0 Å². The van der Waals surface area contributed by atoms with Crippen molar-refractivity contribution < 1.29 is 22.7 Å². The van der Waals surface area contributed by atoms with Crippen molar-refractivity contribution in [3.05, 3.63) is 90.0 Å². The Hall–Kier alpha value is -3.98. The predicted octanol–water partition coefficient (Wildman–Crippen LogP) is 3.55. The van der Waals surface area contributed by atoms with Gasteiger partial charge in [-0.1, -0.05) is 42.5 Å². The molecule has 2 heterocycles. The molecule has 1 saturated heterocycles. The summed E-state index contributed by atoms with van der Waals surface area (Å²) < 4.78 is 35.0. The van der Waals surface area contributed by atoms with E-state index in [4.69, 9.17) is 4.74 Å². The predicted molar refractivity (Wildman–Crippen MR) is 137 cm³/mol. The van der Waals surface area contributed by atoms with Crippen molar-refractivity contribution in [2.75, 3.05) is 29.5 Å². The average molecular weight is 504 g/mol. The summed E-state index contributed by atoms with van der Waals surface area (Å²) in [5, 5.41) is 0. The second kappa shape index (κ2) is 9.58. The lowest BCUT2D eigenvalue weighted by atomic mass is 10.1. The Bertz CT molecular complexity index is 1450. The van der Waals surface area contributed by atoms with Gasteiger partial charge < -0.3 is 14.5 Å². The van der Waals surface area contributed by atoms with Crippen LogP contribution in [0.1, 0.15) is 17.5 Å². The van der Waals surface area contributed by atoms with Crippen LogP contribution in [0.4, 0.5) is 11.4 Å². The molecule has 2 aliphatic heterocycles. The highest BCUT2D eigenvalue weighted by Gasteiger charge is 2.36. The molecular formula is C27H25N3O5S. The van der Waals surface area contributed by atoms with Crippen LogP contribution < -0.4 is 9.80 Å². The van der Waals surface area contributed by atoms with E-state index in [0.717, 1.165) is 16.9 Å². The van der Waals surface area contributed by atoms with Gasteiger partial charge in [-0.2, -0.15) is 8.42 Å². The van der Waals surface area contributed by atoms with Gasteiger partial charge in [-0.25, -0.2) is 0 Å². The van der Waals surface area contributed by atoms with E-state index < -0.39 is 21.9 Å². The molecule has 5 rings (SSSR count). The quantitative estimate of drug-likeness (QED) is 0.478. The molecule has 1 fully saturated rings. The number of fused-ring (bicyclic) bond motifs is 1. The van der Waals surface area contributed by atoms with Gasteiger partial charge >= 0.3 is 5.97 Å². The van der Waals surface area contributed by atoms with Crippen LogP contribution in [0.25, 0.3) is 0 Å². The lowest BCUT2D eigenvalue weighted by molar-refractivity contribution is -0.148. The van der Waals surface area contributed by atoms with Crippen molar-refractivity contribution >= 4 is 39.1 Å². The molecule has 0 radical (unpaired) electrons. The van der Waals surface area contributed by atoms with Gasteiger partial charge in [0.1, 0.15) is 11.5 Å². The highest BCUT2D eigenvalue weighted by atomic mass is 32.2. The van der Waals surface area contributed by atoms with E-state index in [1.54, 1.807) is 28.0 Å². The number of benzene rings is 3. The number of nitrogens with zero attached hydrogens (tertiary/aromatic N) is 3. The standard InChI is InChI=1S/C27H25N3O5S/c1-19-8-7-11-22(16-19)29(26-23-12-5-6-13-24(23)36(33,34)28-26)14-15-35-27(32)20-17-25(31)30(18-20)21-9-3-2-4-10-21/h2-13,16,20H,14-15,17-18H2,1H3. The Morgan fingerprint density at radius 2 is 1.81 bits per heavy atom. The molecule has 8 nitrogen and oxygen atoms in total. The zero-order valence-electron chi connectivity index (χ0n) is 19.7.